The lowest BCUT2D eigenvalue weighted by molar-refractivity contribution is -0.147. The molecule has 1 aromatic carbocycles. The summed E-state index contributed by atoms with van der Waals surface area (Å²) in [4.78, 5) is 25.9. The van der Waals surface area contributed by atoms with Crippen molar-refractivity contribution in [2.24, 2.45) is 0 Å². The van der Waals surface area contributed by atoms with Crippen molar-refractivity contribution in [3.05, 3.63) is 18.2 Å². The van der Waals surface area contributed by atoms with E-state index in [1.165, 1.54) is 12.0 Å². The molecule has 1 aromatic rings. The standard InChI is InChI=1S/C15H20N2O5/c1-9(15(19)21-8-7-20-3)17-13-11(16)5-4-6-12(13)22-10(2)14(17)18/h4-6,9-10H,7-8,16H2,1-3H3. The van der Waals surface area contributed by atoms with Gasteiger partial charge in [-0.1, -0.05) is 6.07 Å². The molecule has 0 aromatic heterocycles. The maximum absolute atomic E-state index is 12.4. The molecule has 0 aliphatic carbocycles. The summed E-state index contributed by atoms with van der Waals surface area (Å²) in [6.45, 7) is 3.65. The van der Waals surface area contributed by atoms with Gasteiger partial charge in [0.25, 0.3) is 5.91 Å². The molecule has 2 unspecified atom stereocenters. The Kier molecular flexibility index (Phi) is 4.87. The highest BCUT2D eigenvalue weighted by Crippen LogP contribution is 2.39. The summed E-state index contributed by atoms with van der Waals surface area (Å²) in [7, 11) is 1.52. The number of para-hydroxylation sites is 1. The third-order valence-corrected chi connectivity index (χ3v) is 3.42. The predicted molar refractivity (Wildman–Crippen MR) is 80.7 cm³/mol. The van der Waals surface area contributed by atoms with Crippen LogP contribution < -0.4 is 15.4 Å². The first-order valence-corrected chi connectivity index (χ1v) is 7.01. The van der Waals surface area contributed by atoms with Gasteiger partial charge in [-0.05, 0) is 26.0 Å². The molecule has 1 heterocycles. The zero-order valence-electron chi connectivity index (χ0n) is 12.9. The Hall–Kier alpha value is -2.28. The lowest BCUT2D eigenvalue weighted by Gasteiger charge is -2.36. The second-order valence-electron chi connectivity index (χ2n) is 5.00. The highest BCUT2D eigenvalue weighted by Gasteiger charge is 2.38. The van der Waals surface area contributed by atoms with E-state index in [2.05, 4.69) is 0 Å². The van der Waals surface area contributed by atoms with Gasteiger partial charge >= 0.3 is 5.97 Å². The third kappa shape index (κ3) is 2.99. The van der Waals surface area contributed by atoms with Gasteiger partial charge in [-0.3, -0.25) is 9.69 Å². The molecule has 1 aliphatic heterocycles. The van der Waals surface area contributed by atoms with Crippen molar-refractivity contribution in [3.8, 4) is 5.75 Å². The van der Waals surface area contributed by atoms with Crippen LogP contribution in [0.5, 0.6) is 5.75 Å². The van der Waals surface area contributed by atoms with Crippen LogP contribution in [0.3, 0.4) is 0 Å². The Morgan fingerprint density at radius 3 is 2.86 bits per heavy atom. The molecule has 2 atom stereocenters. The SMILES string of the molecule is COCCOC(=O)C(C)N1C(=O)C(C)Oc2cccc(N)c21. The molecule has 1 aliphatic rings. The molecule has 1 amide bonds. The molecule has 7 heteroatoms. The number of rotatable bonds is 5. The first-order valence-electron chi connectivity index (χ1n) is 7.01. The van der Waals surface area contributed by atoms with Crippen LogP contribution in [0.4, 0.5) is 11.4 Å². The number of hydrogen-bond donors (Lipinski definition) is 1. The maximum atomic E-state index is 12.4. The van der Waals surface area contributed by atoms with Gasteiger partial charge < -0.3 is 19.9 Å². The van der Waals surface area contributed by atoms with Crippen molar-refractivity contribution in [2.45, 2.75) is 26.0 Å². The number of ether oxygens (including phenoxy) is 3. The number of anilines is 2. The van der Waals surface area contributed by atoms with E-state index in [0.717, 1.165) is 0 Å². The number of nitrogens with two attached hydrogens (primary N) is 1. The van der Waals surface area contributed by atoms with Crippen molar-refractivity contribution in [1.82, 2.24) is 0 Å². The summed E-state index contributed by atoms with van der Waals surface area (Å²) >= 11 is 0. The molecule has 7 nitrogen and oxygen atoms in total. The van der Waals surface area contributed by atoms with E-state index in [9.17, 15) is 9.59 Å². The van der Waals surface area contributed by atoms with Crippen molar-refractivity contribution in [1.29, 1.82) is 0 Å². The molecular weight excluding hydrogens is 288 g/mol. The number of hydrogen-bond acceptors (Lipinski definition) is 6. The van der Waals surface area contributed by atoms with E-state index in [1.54, 1.807) is 32.0 Å². The molecule has 0 radical (unpaired) electrons. The van der Waals surface area contributed by atoms with Crippen LogP contribution in [0.2, 0.25) is 0 Å². The van der Waals surface area contributed by atoms with E-state index < -0.39 is 18.1 Å². The third-order valence-electron chi connectivity index (χ3n) is 3.42. The van der Waals surface area contributed by atoms with E-state index >= 15 is 0 Å². The van der Waals surface area contributed by atoms with Crippen LogP contribution in [0, 0.1) is 0 Å². The minimum Gasteiger partial charge on any atom is -0.479 e. The van der Waals surface area contributed by atoms with Crippen LogP contribution in [0.25, 0.3) is 0 Å². The summed E-state index contributed by atoms with van der Waals surface area (Å²) in [6, 6.07) is 4.29. The van der Waals surface area contributed by atoms with Crippen molar-refractivity contribution in [2.75, 3.05) is 31.0 Å². The van der Waals surface area contributed by atoms with E-state index in [-0.39, 0.29) is 12.5 Å². The molecule has 2 rings (SSSR count). The van der Waals surface area contributed by atoms with Gasteiger partial charge in [0.15, 0.2) is 6.10 Å². The molecule has 2 N–H and O–H groups in total. The molecule has 0 spiro atoms. The fourth-order valence-electron chi connectivity index (χ4n) is 2.28. The number of carbonyl (C=O) groups excluding carboxylic acids is 2. The van der Waals surface area contributed by atoms with Gasteiger partial charge in [-0.2, -0.15) is 0 Å². The Morgan fingerprint density at radius 1 is 1.45 bits per heavy atom. The van der Waals surface area contributed by atoms with Crippen molar-refractivity contribution >= 4 is 23.3 Å². The second kappa shape index (κ2) is 6.65. The Labute approximate surface area is 128 Å². The average molecular weight is 308 g/mol. The van der Waals surface area contributed by atoms with Crippen molar-refractivity contribution < 1.29 is 23.8 Å². The summed E-state index contributed by atoms with van der Waals surface area (Å²) < 4.78 is 15.5. The summed E-state index contributed by atoms with van der Waals surface area (Å²) in [6.07, 6.45) is -0.691. The smallest absolute Gasteiger partial charge is 0.329 e. The van der Waals surface area contributed by atoms with Crippen LogP contribution in [0.15, 0.2) is 18.2 Å². The minimum absolute atomic E-state index is 0.130. The van der Waals surface area contributed by atoms with Gasteiger partial charge in [0.05, 0.1) is 12.3 Å². The number of esters is 1. The number of fused-ring (bicyclic) bond motifs is 1. The number of nitrogen functional groups attached to an aromatic ring is 1. The van der Waals surface area contributed by atoms with E-state index in [4.69, 9.17) is 19.9 Å². The van der Waals surface area contributed by atoms with Gasteiger partial charge in [0, 0.05) is 7.11 Å². The van der Waals surface area contributed by atoms with Crippen LogP contribution in [-0.4, -0.2) is 44.3 Å². The first kappa shape index (κ1) is 16.1. The molecule has 0 saturated carbocycles. The number of amides is 1. The zero-order chi connectivity index (χ0) is 16.3. The van der Waals surface area contributed by atoms with Gasteiger partial charge in [0.2, 0.25) is 0 Å². The molecule has 0 fully saturated rings. The fraction of sp³-hybridized carbons (Fsp3) is 0.467. The summed E-state index contributed by atoms with van der Waals surface area (Å²) in [5.41, 5.74) is 6.73. The number of methoxy groups -OCH3 is 1. The minimum atomic E-state index is -0.806. The van der Waals surface area contributed by atoms with Gasteiger partial charge in [-0.25, -0.2) is 4.79 Å². The molecule has 0 saturated heterocycles. The monoisotopic (exact) mass is 308 g/mol. The number of nitrogens with zero attached hydrogens (tertiary/aromatic N) is 1. The van der Waals surface area contributed by atoms with E-state index in [1.807, 2.05) is 0 Å². The van der Waals surface area contributed by atoms with Crippen LogP contribution in [0.1, 0.15) is 13.8 Å². The van der Waals surface area contributed by atoms with Gasteiger partial charge in [-0.15, -0.1) is 0 Å². The quantitative estimate of drug-likeness (QED) is 0.495. The lowest BCUT2D eigenvalue weighted by Crippen LogP contribution is -2.52. The Morgan fingerprint density at radius 2 is 2.18 bits per heavy atom. The van der Waals surface area contributed by atoms with Gasteiger partial charge in [0.1, 0.15) is 24.1 Å². The Bertz CT molecular complexity index is 575. The highest BCUT2D eigenvalue weighted by atomic mass is 16.6. The summed E-state index contributed by atoms with van der Waals surface area (Å²) in [5.74, 6) is -0.376. The Balaban J connectivity index is 2.29. The topological polar surface area (TPSA) is 91.1 Å². The molecular formula is C15H20N2O5. The number of carbonyl (C=O) groups is 2. The lowest BCUT2D eigenvalue weighted by atomic mass is 10.1. The maximum Gasteiger partial charge on any atom is 0.329 e. The predicted octanol–water partition coefficient (Wildman–Crippen LogP) is 0.961. The zero-order valence-corrected chi connectivity index (χ0v) is 12.9. The average Bonchev–Trinajstić information content (AvgIpc) is 2.49. The largest absolute Gasteiger partial charge is 0.479 e. The van der Waals surface area contributed by atoms with E-state index in [0.29, 0.717) is 23.7 Å². The van der Waals surface area contributed by atoms with Crippen molar-refractivity contribution in [3.63, 3.8) is 0 Å². The van der Waals surface area contributed by atoms with Crippen LogP contribution >= 0.6 is 0 Å². The molecule has 120 valence electrons. The normalized spacial score (nSPS) is 18.4. The highest BCUT2D eigenvalue weighted by molar-refractivity contribution is 6.06. The van der Waals surface area contributed by atoms with Crippen LogP contribution in [-0.2, 0) is 19.1 Å². The first-order chi connectivity index (χ1) is 10.5. The fourth-order valence-corrected chi connectivity index (χ4v) is 2.28. The second-order valence-corrected chi connectivity index (χ2v) is 5.00. The summed E-state index contributed by atoms with van der Waals surface area (Å²) in [5, 5.41) is 0. The molecule has 22 heavy (non-hydrogen) atoms. The number of benzene rings is 1. The molecule has 0 bridgehead atoms.